The van der Waals surface area contributed by atoms with Gasteiger partial charge < -0.3 is 10.6 Å². The van der Waals surface area contributed by atoms with Crippen LogP contribution in [0.1, 0.15) is 44.7 Å². The summed E-state index contributed by atoms with van der Waals surface area (Å²) in [5.74, 6) is 0.885. The van der Waals surface area contributed by atoms with Crippen LogP contribution in [0.2, 0.25) is 0 Å². The van der Waals surface area contributed by atoms with Crippen LogP contribution >= 0.6 is 0 Å². The molecular weight excluding hydrogens is 348 g/mol. The number of aliphatic imine (C=N–C) groups is 1. The van der Waals surface area contributed by atoms with Gasteiger partial charge in [0.1, 0.15) is 0 Å². The number of hydrogen-bond donors (Lipinski definition) is 2. The lowest BCUT2D eigenvalue weighted by atomic mass is 10.1. The molecule has 152 valence electrons. The second kappa shape index (κ2) is 10.3. The van der Waals surface area contributed by atoms with E-state index in [2.05, 4.69) is 65.7 Å². The summed E-state index contributed by atoms with van der Waals surface area (Å²) in [4.78, 5) is 7.42. The van der Waals surface area contributed by atoms with Gasteiger partial charge in [0.05, 0.1) is 13.1 Å². The molecule has 0 radical (unpaired) electrons. The van der Waals surface area contributed by atoms with Gasteiger partial charge in [-0.3, -0.25) is 9.58 Å². The van der Waals surface area contributed by atoms with Crippen molar-refractivity contribution in [3.05, 3.63) is 53.9 Å². The van der Waals surface area contributed by atoms with Gasteiger partial charge in [-0.25, -0.2) is 4.99 Å². The molecule has 0 spiro atoms. The minimum atomic E-state index is 0.600. The molecule has 1 aromatic carbocycles. The first-order valence-electron chi connectivity index (χ1n) is 10.5. The van der Waals surface area contributed by atoms with Gasteiger partial charge in [0, 0.05) is 44.1 Å². The van der Waals surface area contributed by atoms with Crippen LogP contribution < -0.4 is 10.6 Å². The van der Waals surface area contributed by atoms with Crippen LogP contribution in [0.15, 0.2) is 47.7 Å². The van der Waals surface area contributed by atoms with Gasteiger partial charge in [0.25, 0.3) is 0 Å². The van der Waals surface area contributed by atoms with Crippen molar-refractivity contribution >= 4 is 5.96 Å². The van der Waals surface area contributed by atoms with E-state index in [1.165, 1.54) is 24.0 Å². The molecule has 1 saturated carbocycles. The van der Waals surface area contributed by atoms with E-state index in [-0.39, 0.29) is 0 Å². The van der Waals surface area contributed by atoms with Crippen molar-refractivity contribution in [1.82, 2.24) is 25.3 Å². The maximum Gasteiger partial charge on any atom is 0.191 e. The molecule has 0 amide bonds. The summed E-state index contributed by atoms with van der Waals surface area (Å²) in [7, 11) is 0. The predicted molar refractivity (Wildman–Crippen MR) is 115 cm³/mol. The van der Waals surface area contributed by atoms with E-state index in [4.69, 9.17) is 4.99 Å². The van der Waals surface area contributed by atoms with E-state index in [1.54, 1.807) is 0 Å². The third kappa shape index (κ3) is 6.09. The number of nitrogens with one attached hydrogen (secondary N) is 2. The first-order chi connectivity index (χ1) is 13.7. The lowest BCUT2D eigenvalue weighted by Crippen LogP contribution is -2.43. The summed E-state index contributed by atoms with van der Waals surface area (Å²) < 4.78 is 1.95. The molecule has 1 aromatic heterocycles. The normalized spacial score (nSPS) is 14.7. The number of benzene rings is 1. The molecule has 2 aromatic rings. The van der Waals surface area contributed by atoms with Gasteiger partial charge in [-0.2, -0.15) is 5.10 Å². The van der Waals surface area contributed by atoms with E-state index in [1.807, 2.05) is 23.1 Å². The summed E-state index contributed by atoms with van der Waals surface area (Å²) in [5, 5.41) is 11.2. The van der Waals surface area contributed by atoms with Crippen LogP contribution in [0.5, 0.6) is 0 Å². The molecule has 0 unspecified atom stereocenters. The van der Waals surface area contributed by atoms with Gasteiger partial charge in [-0.1, -0.05) is 24.3 Å². The van der Waals surface area contributed by atoms with Crippen LogP contribution in [0.3, 0.4) is 0 Å². The maximum atomic E-state index is 4.82. The summed E-state index contributed by atoms with van der Waals surface area (Å²) >= 11 is 0. The molecule has 3 rings (SSSR count). The van der Waals surface area contributed by atoms with Crippen LogP contribution in [0, 0.1) is 0 Å². The number of hydrogen-bond acceptors (Lipinski definition) is 3. The zero-order valence-corrected chi connectivity index (χ0v) is 17.4. The summed E-state index contributed by atoms with van der Waals surface area (Å²) in [6.07, 6.45) is 6.50. The fourth-order valence-electron chi connectivity index (χ4n) is 3.51. The zero-order chi connectivity index (χ0) is 19.8. The molecule has 28 heavy (non-hydrogen) atoms. The second-order valence-corrected chi connectivity index (χ2v) is 7.66. The summed E-state index contributed by atoms with van der Waals surface area (Å²) in [5.41, 5.74) is 2.49. The molecule has 0 aliphatic heterocycles. The van der Waals surface area contributed by atoms with Crippen LogP contribution in [0.25, 0.3) is 0 Å². The number of rotatable bonds is 10. The quantitative estimate of drug-likeness (QED) is 0.490. The van der Waals surface area contributed by atoms with Crippen molar-refractivity contribution in [3.63, 3.8) is 0 Å². The molecule has 2 N–H and O–H groups in total. The largest absolute Gasteiger partial charge is 0.357 e. The van der Waals surface area contributed by atoms with Crippen molar-refractivity contribution in [2.45, 2.75) is 58.8 Å². The van der Waals surface area contributed by atoms with Crippen LogP contribution in [-0.2, 0) is 13.1 Å². The maximum absolute atomic E-state index is 4.82. The smallest absolute Gasteiger partial charge is 0.191 e. The third-order valence-electron chi connectivity index (χ3n) is 5.10. The van der Waals surface area contributed by atoms with Crippen molar-refractivity contribution in [1.29, 1.82) is 0 Å². The van der Waals surface area contributed by atoms with Crippen LogP contribution in [-0.4, -0.2) is 52.4 Å². The molecular formula is C22H34N6. The van der Waals surface area contributed by atoms with Crippen molar-refractivity contribution in [2.75, 3.05) is 19.6 Å². The molecule has 6 heteroatoms. The van der Waals surface area contributed by atoms with Gasteiger partial charge in [0.15, 0.2) is 5.96 Å². The molecule has 1 heterocycles. The van der Waals surface area contributed by atoms with Crippen molar-refractivity contribution in [2.24, 2.45) is 4.99 Å². The standard InChI is InChI=1S/C22H34N6/c1-4-23-22(24-13-15-28(18(2)3)21-10-11-21)25-16-19-8-5-6-9-20(19)17-27-14-7-12-26-27/h5-9,12,14,18,21H,4,10-11,13,15-17H2,1-3H3,(H2,23,24,25). The molecule has 1 aliphatic carbocycles. The first-order valence-corrected chi connectivity index (χ1v) is 10.5. The molecule has 0 saturated heterocycles. The Hall–Kier alpha value is -2.34. The van der Waals surface area contributed by atoms with Gasteiger partial charge >= 0.3 is 0 Å². The van der Waals surface area contributed by atoms with Gasteiger partial charge in [-0.05, 0) is 50.8 Å². The van der Waals surface area contributed by atoms with Gasteiger partial charge in [-0.15, -0.1) is 0 Å². The Kier molecular flexibility index (Phi) is 7.48. The summed E-state index contributed by atoms with van der Waals surface area (Å²) in [6, 6.07) is 11.8. The Labute approximate surface area is 169 Å². The lowest BCUT2D eigenvalue weighted by Gasteiger charge is -2.26. The highest BCUT2D eigenvalue weighted by molar-refractivity contribution is 5.79. The average Bonchev–Trinajstić information content (AvgIpc) is 3.39. The van der Waals surface area contributed by atoms with E-state index >= 15 is 0 Å². The molecule has 0 bridgehead atoms. The van der Waals surface area contributed by atoms with Crippen molar-refractivity contribution in [3.8, 4) is 0 Å². The SMILES string of the molecule is CCNC(=NCc1ccccc1Cn1cccn1)NCCN(C(C)C)C1CC1. The Bertz CT molecular complexity index is 731. The molecule has 1 aliphatic rings. The topological polar surface area (TPSA) is 57.5 Å². The Morgan fingerprint density at radius 1 is 1.21 bits per heavy atom. The molecule has 6 nitrogen and oxygen atoms in total. The number of aromatic nitrogens is 2. The third-order valence-corrected chi connectivity index (χ3v) is 5.10. The Balaban J connectivity index is 1.58. The van der Waals surface area contributed by atoms with Crippen molar-refractivity contribution < 1.29 is 0 Å². The highest BCUT2D eigenvalue weighted by atomic mass is 15.3. The summed E-state index contributed by atoms with van der Waals surface area (Å²) in [6.45, 7) is 10.9. The lowest BCUT2D eigenvalue weighted by molar-refractivity contribution is 0.215. The Morgan fingerprint density at radius 2 is 2.00 bits per heavy atom. The van der Waals surface area contributed by atoms with E-state index < -0.39 is 0 Å². The highest BCUT2D eigenvalue weighted by Crippen LogP contribution is 2.27. The minimum Gasteiger partial charge on any atom is -0.357 e. The fraction of sp³-hybridized carbons (Fsp3) is 0.545. The highest BCUT2D eigenvalue weighted by Gasteiger charge is 2.30. The number of nitrogens with zero attached hydrogens (tertiary/aromatic N) is 4. The first kappa shape index (κ1) is 20.4. The average molecular weight is 383 g/mol. The minimum absolute atomic E-state index is 0.600. The zero-order valence-electron chi connectivity index (χ0n) is 17.4. The van der Waals surface area contributed by atoms with E-state index in [9.17, 15) is 0 Å². The number of guanidine groups is 1. The van der Waals surface area contributed by atoms with E-state index in [0.29, 0.717) is 12.6 Å². The fourth-order valence-corrected chi connectivity index (χ4v) is 3.51. The van der Waals surface area contributed by atoms with Crippen LogP contribution in [0.4, 0.5) is 0 Å². The molecule has 0 atom stereocenters. The molecule has 1 fully saturated rings. The second-order valence-electron chi connectivity index (χ2n) is 7.66. The monoisotopic (exact) mass is 382 g/mol. The van der Waals surface area contributed by atoms with E-state index in [0.717, 1.165) is 38.2 Å². The Morgan fingerprint density at radius 3 is 2.64 bits per heavy atom. The predicted octanol–water partition coefficient (Wildman–Crippen LogP) is 2.86. The van der Waals surface area contributed by atoms with Gasteiger partial charge in [0.2, 0.25) is 0 Å².